The monoisotopic (exact) mass is 396 g/mol. The second-order valence-electron chi connectivity index (χ2n) is 7.34. The van der Waals surface area contributed by atoms with Crippen LogP contribution in [0.1, 0.15) is 48.8 Å². The highest BCUT2D eigenvalue weighted by atomic mass is 35.5. The van der Waals surface area contributed by atoms with Gasteiger partial charge in [0, 0.05) is 29.7 Å². The van der Waals surface area contributed by atoms with E-state index >= 15 is 0 Å². The number of hydrogen-bond acceptors (Lipinski definition) is 6. The second kappa shape index (κ2) is 7.48. The lowest BCUT2D eigenvalue weighted by Crippen LogP contribution is -2.25. The fourth-order valence-corrected chi connectivity index (χ4v) is 4.35. The Bertz CT molecular complexity index is 968. The van der Waals surface area contributed by atoms with Crippen molar-refractivity contribution in [2.24, 2.45) is 0 Å². The van der Waals surface area contributed by atoms with Crippen molar-refractivity contribution in [3.05, 3.63) is 58.8 Å². The number of hydrogen-bond donors (Lipinski definition) is 1. The van der Waals surface area contributed by atoms with Crippen LogP contribution in [0.4, 0.5) is 0 Å². The molecular weight excluding hydrogens is 376 g/mol. The van der Waals surface area contributed by atoms with Gasteiger partial charge in [0.05, 0.1) is 12.2 Å². The van der Waals surface area contributed by atoms with Crippen LogP contribution in [0.25, 0.3) is 5.69 Å². The van der Waals surface area contributed by atoms with E-state index in [0.717, 1.165) is 54.6 Å². The Balaban J connectivity index is 1.37. The highest BCUT2D eigenvalue weighted by Gasteiger charge is 2.30. The van der Waals surface area contributed by atoms with Crippen LogP contribution >= 0.6 is 11.6 Å². The predicted molar refractivity (Wildman–Crippen MR) is 105 cm³/mol. The number of aromatic nitrogens is 5. The molecule has 8 heteroatoms. The first-order valence-corrected chi connectivity index (χ1v) is 10.0. The van der Waals surface area contributed by atoms with E-state index in [1.165, 1.54) is 5.56 Å². The molecule has 1 aromatic carbocycles. The summed E-state index contributed by atoms with van der Waals surface area (Å²) in [6.45, 7) is 1.47. The summed E-state index contributed by atoms with van der Waals surface area (Å²) in [5.74, 6) is 2.96. The zero-order chi connectivity index (χ0) is 18.9. The molecule has 1 fully saturated rings. The first-order chi connectivity index (χ1) is 13.8. The first-order valence-electron chi connectivity index (χ1n) is 9.66. The third-order valence-electron chi connectivity index (χ3n) is 5.51. The Morgan fingerprint density at radius 2 is 1.93 bits per heavy atom. The van der Waals surface area contributed by atoms with Crippen molar-refractivity contribution in [1.82, 2.24) is 30.3 Å². The van der Waals surface area contributed by atoms with Crippen molar-refractivity contribution in [1.29, 1.82) is 0 Å². The zero-order valence-electron chi connectivity index (χ0n) is 15.4. The van der Waals surface area contributed by atoms with E-state index in [0.29, 0.717) is 18.3 Å². The summed E-state index contributed by atoms with van der Waals surface area (Å²) in [7, 11) is 0. The molecule has 5 rings (SSSR count). The third-order valence-corrected chi connectivity index (χ3v) is 5.75. The van der Waals surface area contributed by atoms with E-state index in [1.54, 1.807) is 6.20 Å². The molecule has 3 heterocycles. The van der Waals surface area contributed by atoms with Crippen LogP contribution in [0, 0.1) is 0 Å². The Labute approximate surface area is 168 Å². The maximum Gasteiger partial charge on any atom is 0.233 e. The molecule has 2 aromatic heterocycles. The molecule has 1 aliphatic heterocycles. The van der Waals surface area contributed by atoms with Crippen LogP contribution in [-0.4, -0.2) is 31.1 Å². The second-order valence-corrected chi connectivity index (χ2v) is 7.78. The summed E-state index contributed by atoms with van der Waals surface area (Å²) >= 11 is 6.21. The summed E-state index contributed by atoms with van der Waals surface area (Å²) in [4.78, 5) is 0. The Morgan fingerprint density at radius 3 is 2.75 bits per heavy atom. The molecule has 1 saturated carbocycles. The fraction of sp³-hybridized carbons (Fsp3) is 0.400. The Morgan fingerprint density at radius 1 is 1.04 bits per heavy atom. The van der Waals surface area contributed by atoms with Gasteiger partial charge in [0.15, 0.2) is 5.82 Å². The van der Waals surface area contributed by atoms with Crippen LogP contribution in [0.5, 0.6) is 5.88 Å². The fourth-order valence-electron chi connectivity index (χ4n) is 4.15. The molecule has 0 saturated heterocycles. The molecule has 0 amide bonds. The SMILES string of the molecule is Clc1ccc2c(c1)CNCc1nnc([C@H]3CC[C@H](Oc4cccnn4)CC3)n1-2. The van der Waals surface area contributed by atoms with E-state index < -0.39 is 0 Å². The van der Waals surface area contributed by atoms with E-state index in [2.05, 4.69) is 36.3 Å². The van der Waals surface area contributed by atoms with Crippen LogP contribution in [-0.2, 0) is 13.1 Å². The number of nitrogens with one attached hydrogen (secondary N) is 1. The van der Waals surface area contributed by atoms with Gasteiger partial charge >= 0.3 is 0 Å². The summed E-state index contributed by atoms with van der Waals surface area (Å²) in [5, 5.41) is 21.1. The predicted octanol–water partition coefficient (Wildman–Crippen LogP) is 3.42. The maximum atomic E-state index is 6.21. The summed E-state index contributed by atoms with van der Waals surface area (Å²) in [5.41, 5.74) is 2.30. The van der Waals surface area contributed by atoms with E-state index in [-0.39, 0.29) is 6.10 Å². The van der Waals surface area contributed by atoms with Crippen LogP contribution in [0.3, 0.4) is 0 Å². The molecule has 0 atom stereocenters. The van der Waals surface area contributed by atoms with Gasteiger partial charge in [-0.2, -0.15) is 5.10 Å². The molecule has 7 nitrogen and oxygen atoms in total. The molecule has 2 aliphatic rings. The lowest BCUT2D eigenvalue weighted by molar-refractivity contribution is 0.137. The molecule has 0 spiro atoms. The molecule has 0 radical (unpaired) electrons. The molecule has 0 bridgehead atoms. The average molecular weight is 397 g/mol. The van der Waals surface area contributed by atoms with Crippen molar-refractivity contribution in [3.63, 3.8) is 0 Å². The highest BCUT2D eigenvalue weighted by molar-refractivity contribution is 6.30. The quantitative estimate of drug-likeness (QED) is 0.730. The minimum atomic E-state index is 0.173. The third kappa shape index (κ3) is 3.36. The number of rotatable bonds is 3. The Kier molecular flexibility index (Phi) is 4.70. The zero-order valence-corrected chi connectivity index (χ0v) is 16.1. The smallest absolute Gasteiger partial charge is 0.233 e. The van der Waals surface area contributed by atoms with Crippen molar-refractivity contribution < 1.29 is 4.74 Å². The molecule has 28 heavy (non-hydrogen) atoms. The minimum absolute atomic E-state index is 0.173. The minimum Gasteiger partial charge on any atom is -0.473 e. The molecule has 0 unspecified atom stereocenters. The normalized spacial score (nSPS) is 21.5. The standard InChI is InChI=1S/C20H21ClN6O/c21-15-5-8-17-14(10-15)11-22-12-18-24-26-20(27(17)18)13-3-6-16(7-4-13)28-19-2-1-9-23-25-19/h1-2,5,8-10,13,16,22H,3-4,6-7,11-12H2/t13-,16-. The lowest BCUT2D eigenvalue weighted by Gasteiger charge is -2.28. The van der Waals surface area contributed by atoms with Gasteiger partial charge in [0.25, 0.3) is 0 Å². The topological polar surface area (TPSA) is 77.8 Å². The number of benzene rings is 1. The number of halogens is 1. The van der Waals surface area contributed by atoms with Crippen LogP contribution < -0.4 is 10.1 Å². The van der Waals surface area contributed by atoms with Gasteiger partial charge in [-0.25, -0.2) is 0 Å². The Hall–Kier alpha value is -2.51. The van der Waals surface area contributed by atoms with Gasteiger partial charge in [0.2, 0.25) is 5.88 Å². The molecule has 1 aliphatic carbocycles. The summed E-state index contributed by atoms with van der Waals surface area (Å²) < 4.78 is 8.20. The summed E-state index contributed by atoms with van der Waals surface area (Å²) in [6, 6.07) is 9.73. The summed E-state index contributed by atoms with van der Waals surface area (Å²) in [6.07, 6.45) is 5.79. The molecule has 3 aromatic rings. The van der Waals surface area contributed by atoms with Crippen molar-refractivity contribution in [2.45, 2.75) is 50.8 Å². The van der Waals surface area contributed by atoms with E-state index in [4.69, 9.17) is 16.3 Å². The lowest BCUT2D eigenvalue weighted by atomic mass is 9.86. The largest absolute Gasteiger partial charge is 0.473 e. The average Bonchev–Trinajstić information content (AvgIpc) is 3.05. The van der Waals surface area contributed by atoms with Gasteiger partial charge in [-0.1, -0.05) is 11.6 Å². The van der Waals surface area contributed by atoms with Gasteiger partial charge in [-0.3, -0.25) is 4.57 Å². The number of ether oxygens (including phenoxy) is 1. The first kappa shape index (κ1) is 17.6. The van der Waals surface area contributed by atoms with Gasteiger partial charge < -0.3 is 10.1 Å². The number of nitrogens with zero attached hydrogens (tertiary/aromatic N) is 5. The molecule has 144 valence electrons. The molecule has 1 N–H and O–H groups in total. The maximum absolute atomic E-state index is 6.21. The van der Waals surface area contributed by atoms with Crippen molar-refractivity contribution in [3.8, 4) is 11.6 Å². The highest BCUT2D eigenvalue weighted by Crippen LogP contribution is 2.36. The van der Waals surface area contributed by atoms with Crippen LogP contribution in [0.15, 0.2) is 36.5 Å². The van der Waals surface area contributed by atoms with Crippen molar-refractivity contribution in [2.75, 3.05) is 0 Å². The van der Waals surface area contributed by atoms with Crippen LogP contribution in [0.2, 0.25) is 5.02 Å². The molecular formula is C20H21ClN6O. The van der Waals surface area contributed by atoms with Gasteiger partial charge in [-0.15, -0.1) is 15.3 Å². The van der Waals surface area contributed by atoms with E-state index in [9.17, 15) is 0 Å². The van der Waals surface area contributed by atoms with Gasteiger partial charge in [-0.05, 0) is 55.5 Å². The number of fused-ring (bicyclic) bond motifs is 3. The van der Waals surface area contributed by atoms with Crippen molar-refractivity contribution >= 4 is 11.6 Å². The van der Waals surface area contributed by atoms with E-state index in [1.807, 2.05) is 24.3 Å². The van der Waals surface area contributed by atoms with Gasteiger partial charge in [0.1, 0.15) is 11.9 Å².